The van der Waals surface area contributed by atoms with Crippen molar-refractivity contribution in [1.29, 1.82) is 0 Å². The van der Waals surface area contributed by atoms with E-state index < -0.39 is 5.97 Å². The maximum atomic E-state index is 11.4. The first kappa shape index (κ1) is 11.7. The smallest absolute Gasteiger partial charge is 0.336 e. The minimum absolute atomic E-state index is 0.220. The lowest BCUT2D eigenvalue weighted by Gasteiger charge is -2.20. The predicted molar refractivity (Wildman–Crippen MR) is 74.6 cm³/mol. The highest BCUT2D eigenvalue weighted by atomic mass is 16.4. The van der Waals surface area contributed by atoms with Crippen LogP contribution in [0.3, 0.4) is 0 Å². The first-order chi connectivity index (χ1) is 9.72. The van der Waals surface area contributed by atoms with Gasteiger partial charge in [0.15, 0.2) is 0 Å². The van der Waals surface area contributed by atoms with Crippen LogP contribution in [0.15, 0.2) is 36.7 Å². The van der Waals surface area contributed by atoms with E-state index in [1.54, 1.807) is 18.3 Å². The zero-order valence-electron chi connectivity index (χ0n) is 11.1. The summed E-state index contributed by atoms with van der Waals surface area (Å²) in [5.41, 5.74) is 1.26. The van der Waals surface area contributed by atoms with Crippen LogP contribution < -0.4 is 0 Å². The van der Waals surface area contributed by atoms with Crippen LogP contribution in [0.25, 0.3) is 11.4 Å². The lowest BCUT2D eigenvalue weighted by atomic mass is 10.1. The second-order valence-corrected chi connectivity index (χ2v) is 5.85. The number of aromatic nitrogens is 2. The molecule has 4 rings (SSSR count). The molecule has 0 unspecified atom stereocenters. The highest BCUT2D eigenvalue weighted by Gasteiger charge is 2.56. The van der Waals surface area contributed by atoms with Crippen LogP contribution in [-0.2, 0) is 5.54 Å². The van der Waals surface area contributed by atoms with Gasteiger partial charge in [-0.3, -0.25) is 0 Å². The lowest BCUT2D eigenvalue weighted by Crippen LogP contribution is -2.20. The SMILES string of the molecule is O=C(O)c1ccccc1-c1nccn1C1(C2CC2)CC1. The molecule has 0 radical (unpaired) electrons. The molecular formula is C16H16N2O2. The quantitative estimate of drug-likeness (QED) is 0.926. The summed E-state index contributed by atoms with van der Waals surface area (Å²) in [6, 6.07) is 7.13. The van der Waals surface area contributed by atoms with Crippen LogP contribution in [0.4, 0.5) is 0 Å². The van der Waals surface area contributed by atoms with Gasteiger partial charge < -0.3 is 9.67 Å². The Labute approximate surface area is 117 Å². The molecule has 2 aliphatic carbocycles. The summed E-state index contributed by atoms with van der Waals surface area (Å²) in [6.45, 7) is 0. The third kappa shape index (κ3) is 1.60. The summed E-state index contributed by atoms with van der Waals surface area (Å²) in [5.74, 6) is 0.659. The van der Waals surface area contributed by atoms with Gasteiger partial charge in [0.05, 0.1) is 5.56 Å². The molecular weight excluding hydrogens is 252 g/mol. The molecule has 2 aliphatic rings. The molecule has 2 fully saturated rings. The normalized spacial score (nSPS) is 19.8. The number of aromatic carboxylic acids is 1. The number of carbonyl (C=O) groups is 1. The largest absolute Gasteiger partial charge is 0.478 e. The summed E-state index contributed by atoms with van der Waals surface area (Å²) < 4.78 is 2.23. The van der Waals surface area contributed by atoms with Gasteiger partial charge in [0, 0.05) is 23.5 Å². The van der Waals surface area contributed by atoms with Crippen molar-refractivity contribution in [3.63, 3.8) is 0 Å². The molecule has 4 nitrogen and oxygen atoms in total. The molecule has 2 saturated carbocycles. The van der Waals surface area contributed by atoms with Crippen LogP contribution >= 0.6 is 0 Å². The van der Waals surface area contributed by atoms with Crippen LogP contribution in [-0.4, -0.2) is 20.6 Å². The molecule has 102 valence electrons. The molecule has 0 amide bonds. The van der Waals surface area contributed by atoms with E-state index in [-0.39, 0.29) is 5.54 Å². The Morgan fingerprint density at radius 1 is 1.30 bits per heavy atom. The van der Waals surface area contributed by atoms with Gasteiger partial charge in [0.1, 0.15) is 5.82 Å². The monoisotopic (exact) mass is 268 g/mol. The van der Waals surface area contributed by atoms with E-state index in [1.165, 1.54) is 25.7 Å². The van der Waals surface area contributed by atoms with Crippen molar-refractivity contribution in [2.45, 2.75) is 31.2 Å². The van der Waals surface area contributed by atoms with Crippen LogP contribution in [0.5, 0.6) is 0 Å². The van der Waals surface area contributed by atoms with E-state index in [2.05, 4.69) is 9.55 Å². The molecule has 1 N–H and O–H groups in total. The summed E-state index contributed by atoms with van der Waals surface area (Å²) in [5, 5.41) is 9.36. The molecule has 1 heterocycles. The predicted octanol–water partition coefficient (Wildman–Crippen LogP) is 3.15. The minimum atomic E-state index is -0.897. The highest BCUT2D eigenvalue weighted by Crippen LogP contribution is 2.60. The Balaban J connectivity index is 1.85. The molecule has 0 bridgehead atoms. The Morgan fingerprint density at radius 3 is 2.70 bits per heavy atom. The van der Waals surface area contributed by atoms with Crippen molar-refractivity contribution in [2.24, 2.45) is 5.92 Å². The van der Waals surface area contributed by atoms with Gasteiger partial charge in [-0.15, -0.1) is 0 Å². The first-order valence-electron chi connectivity index (χ1n) is 7.09. The van der Waals surface area contributed by atoms with Crippen molar-refractivity contribution in [3.05, 3.63) is 42.2 Å². The number of rotatable bonds is 4. The van der Waals surface area contributed by atoms with Crippen molar-refractivity contribution >= 4 is 5.97 Å². The van der Waals surface area contributed by atoms with Gasteiger partial charge in [0.2, 0.25) is 0 Å². The summed E-state index contributed by atoms with van der Waals surface area (Å²) in [6.07, 6.45) is 8.76. The standard InChI is InChI=1S/C16H16N2O2/c19-15(20)13-4-2-1-3-12(13)14-17-9-10-18(14)16(7-8-16)11-5-6-11/h1-4,9-11H,5-8H2,(H,19,20). The van der Waals surface area contributed by atoms with E-state index in [0.717, 1.165) is 17.3 Å². The molecule has 0 spiro atoms. The van der Waals surface area contributed by atoms with Gasteiger partial charge in [-0.1, -0.05) is 18.2 Å². The van der Waals surface area contributed by atoms with Gasteiger partial charge in [-0.25, -0.2) is 9.78 Å². The minimum Gasteiger partial charge on any atom is -0.478 e. The van der Waals surface area contributed by atoms with Gasteiger partial charge >= 0.3 is 5.97 Å². The molecule has 2 aromatic rings. The number of carboxylic acids is 1. The number of nitrogens with zero attached hydrogens (tertiary/aromatic N) is 2. The topological polar surface area (TPSA) is 55.1 Å². The number of benzene rings is 1. The van der Waals surface area contributed by atoms with Gasteiger partial charge in [-0.2, -0.15) is 0 Å². The molecule has 1 aromatic heterocycles. The fourth-order valence-corrected chi connectivity index (χ4v) is 3.32. The number of carboxylic acid groups (broad SMARTS) is 1. The Bertz CT molecular complexity index is 681. The van der Waals surface area contributed by atoms with E-state index in [9.17, 15) is 9.90 Å². The maximum Gasteiger partial charge on any atom is 0.336 e. The second-order valence-electron chi connectivity index (χ2n) is 5.85. The third-order valence-corrected chi connectivity index (χ3v) is 4.62. The van der Waals surface area contributed by atoms with Crippen molar-refractivity contribution in [1.82, 2.24) is 9.55 Å². The zero-order valence-corrected chi connectivity index (χ0v) is 11.1. The zero-order chi connectivity index (χ0) is 13.7. The number of imidazole rings is 1. The Morgan fingerprint density at radius 2 is 2.05 bits per heavy atom. The average Bonchev–Trinajstić information content (AvgIpc) is 3.36. The van der Waals surface area contributed by atoms with Crippen molar-refractivity contribution < 1.29 is 9.90 Å². The van der Waals surface area contributed by atoms with E-state index in [0.29, 0.717) is 5.56 Å². The first-order valence-corrected chi connectivity index (χ1v) is 7.09. The summed E-state index contributed by atoms with van der Waals surface area (Å²) in [7, 11) is 0. The average molecular weight is 268 g/mol. The van der Waals surface area contributed by atoms with Crippen LogP contribution in [0.1, 0.15) is 36.0 Å². The third-order valence-electron chi connectivity index (χ3n) is 4.62. The summed E-state index contributed by atoms with van der Waals surface area (Å²) in [4.78, 5) is 15.8. The molecule has 20 heavy (non-hydrogen) atoms. The van der Waals surface area contributed by atoms with E-state index in [1.807, 2.05) is 18.3 Å². The fraction of sp³-hybridized carbons (Fsp3) is 0.375. The molecule has 0 atom stereocenters. The van der Waals surface area contributed by atoms with E-state index in [4.69, 9.17) is 0 Å². The fourth-order valence-electron chi connectivity index (χ4n) is 3.32. The second kappa shape index (κ2) is 3.95. The maximum absolute atomic E-state index is 11.4. The van der Waals surface area contributed by atoms with Gasteiger partial charge in [0.25, 0.3) is 0 Å². The molecule has 0 aliphatic heterocycles. The van der Waals surface area contributed by atoms with Crippen molar-refractivity contribution in [2.75, 3.05) is 0 Å². The number of hydrogen-bond acceptors (Lipinski definition) is 2. The van der Waals surface area contributed by atoms with Crippen molar-refractivity contribution in [3.8, 4) is 11.4 Å². The molecule has 0 saturated heterocycles. The lowest BCUT2D eigenvalue weighted by molar-refractivity contribution is 0.0697. The summed E-state index contributed by atoms with van der Waals surface area (Å²) >= 11 is 0. The highest BCUT2D eigenvalue weighted by molar-refractivity contribution is 5.95. The molecule has 4 heteroatoms. The van der Waals surface area contributed by atoms with Gasteiger partial charge in [-0.05, 0) is 37.7 Å². The number of hydrogen-bond donors (Lipinski definition) is 1. The van der Waals surface area contributed by atoms with Crippen LogP contribution in [0.2, 0.25) is 0 Å². The molecule has 1 aromatic carbocycles. The Kier molecular flexibility index (Phi) is 2.31. The van der Waals surface area contributed by atoms with Crippen LogP contribution in [0, 0.1) is 5.92 Å². The Hall–Kier alpha value is -2.10. The van der Waals surface area contributed by atoms with E-state index >= 15 is 0 Å².